The quantitative estimate of drug-likeness (QED) is 0.321. The van der Waals surface area contributed by atoms with Gasteiger partial charge in [0, 0.05) is 17.6 Å². The van der Waals surface area contributed by atoms with E-state index in [1.807, 2.05) is 0 Å². The monoisotopic (exact) mass is 463 g/mol. The molecule has 0 aliphatic rings. The van der Waals surface area contributed by atoms with E-state index in [9.17, 15) is 14.0 Å². The first kappa shape index (κ1) is 21.9. The molecule has 4 rings (SSSR count). The number of carbonyl (C=O) groups excluding carboxylic acids is 2. The lowest BCUT2D eigenvalue weighted by Gasteiger charge is -2.07. The number of methoxy groups -OCH3 is 1. The number of ketones is 1. The Balaban J connectivity index is 1.59. The van der Waals surface area contributed by atoms with Gasteiger partial charge in [-0.25, -0.2) is 14.2 Å². The average molecular weight is 463 g/mol. The number of pyridine rings is 1. The van der Waals surface area contributed by atoms with Crippen LogP contribution in [0.1, 0.15) is 15.4 Å². The zero-order valence-electron chi connectivity index (χ0n) is 17.3. The largest absolute Gasteiger partial charge is 0.497 e. The van der Waals surface area contributed by atoms with Crippen LogP contribution in [0.15, 0.2) is 72.9 Å². The van der Waals surface area contributed by atoms with Gasteiger partial charge >= 0.3 is 6.03 Å². The standard InChI is InChI=1S/C23H18FN5O3S/c1-32-17-11-9-16(10-12-17)27-23-29-21(20(33-23)19(30)18-4-2-3-13-25-18)28-22(31)26-15-7-5-14(24)6-8-15/h2-13H,1H3,(H,27,29)(H2,26,28,31). The smallest absolute Gasteiger partial charge is 0.324 e. The Bertz CT molecular complexity index is 1260. The Morgan fingerprint density at radius 3 is 2.33 bits per heavy atom. The number of hydrogen-bond donors (Lipinski definition) is 3. The molecule has 2 aromatic carbocycles. The number of aromatic nitrogens is 2. The second-order valence-electron chi connectivity index (χ2n) is 6.68. The molecule has 0 aliphatic carbocycles. The number of carbonyl (C=O) groups is 2. The zero-order chi connectivity index (χ0) is 23.2. The third-order valence-electron chi connectivity index (χ3n) is 4.41. The number of hydrogen-bond acceptors (Lipinski definition) is 7. The molecule has 4 aromatic rings. The molecule has 0 unspecified atom stereocenters. The van der Waals surface area contributed by atoms with Gasteiger partial charge < -0.3 is 15.4 Å². The molecule has 0 bridgehead atoms. The van der Waals surface area contributed by atoms with Gasteiger partial charge in [0.15, 0.2) is 10.9 Å². The van der Waals surface area contributed by atoms with Crippen LogP contribution in [0.2, 0.25) is 0 Å². The highest BCUT2D eigenvalue weighted by atomic mass is 32.1. The van der Waals surface area contributed by atoms with E-state index in [2.05, 4.69) is 25.9 Å². The maximum Gasteiger partial charge on any atom is 0.324 e. The van der Waals surface area contributed by atoms with E-state index in [1.54, 1.807) is 49.6 Å². The Morgan fingerprint density at radius 1 is 0.939 bits per heavy atom. The highest BCUT2D eigenvalue weighted by molar-refractivity contribution is 7.18. The van der Waals surface area contributed by atoms with Gasteiger partial charge in [-0.1, -0.05) is 17.4 Å². The fourth-order valence-corrected chi connectivity index (χ4v) is 3.72. The summed E-state index contributed by atoms with van der Waals surface area (Å²) in [6.45, 7) is 0. The van der Waals surface area contributed by atoms with Gasteiger partial charge in [0.1, 0.15) is 22.1 Å². The van der Waals surface area contributed by atoms with Gasteiger partial charge in [0.25, 0.3) is 0 Å². The Morgan fingerprint density at radius 2 is 1.67 bits per heavy atom. The van der Waals surface area contributed by atoms with Crippen LogP contribution >= 0.6 is 11.3 Å². The fraction of sp³-hybridized carbons (Fsp3) is 0.0435. The molecule has 0 atom stereocenters. The minimum atomic E-state index is -0.627. The Hall–Kier alpha value is -4.31. The van der Waals surface area contributed by atoms with Crippen molar-refractivity contribution in [1.82, 2.24) is 9.97 Å². The van der Waals surface area contributed by atoms with E-state index in [-0.39, 0.29) is 22.2 Å². The highest BCUT2D eigenvalue weighted by Gasteiger charge is 2.22. The molecule has 3 N–H and O–H groups in total. The highest BCUT2D eigenvalue weighted by Crippen LogP contribution is 2.31. The van der Waals surface area contributed by atoms with Crippen molar-refractivity contribution in [3.8, 4) is 5.75 Å². The second kappa shape index (κ2) is 9.88. The molecule has 0 saturated carbocycles. The van der Waals surface area contributed by atoms with Crippen molar-refractivity contribution in [3.63, 3.8) is 0 Å². The molecular weight excluding hydrogens is 445 g/mol. The zero-order valence-corrected chi connectivity index (χ0v) is 18.2. The van der Waals surface area contributed by atoms with E-state index >= 15 is 0 Å². The third kappa shape index (κ3) is 5.49. The summed E-state index contributed by atoms with van der Waals surface area (Å²) in [5.74, 6) is -0.0253. The van der Waals surface area contributed by atoms with Crippen molar-refractivity contribution in [1.29, 1.82) is 0 Å². The number of anilines is 4. The topological polar surface area (TPSA) is 105 Å². The molecular formula is C23H18FN5O3S. The van der Waals surface area contributed by atoms with Crippen LogP contribution in [-0.4, -0.2) is 28.9 Å². The van der Waals surface area contributed by atoms with Crippen LogP contribution in [-0.2, 0) is 0 Å². The normalized spacial score (nSPS) is 10.4. The number of urea groups is 1. The molecule has 0 radical (unpaired) electrons. The van der Waals surface area contributed by atoms with Gasteiger partial charge in [-0.05, 0) is 60.7 Å². The summed E-state index contributed by atoms with van der Waals surface area (Å²) >= 11 is 1.08. The Labute approximate surface area is 192 Å². The van der Waals surface area contributed by atoms with Crippen molar-refractivity contribution in [2.24, 2.45) is 0 Å². The van der Waals surface area contributed by atoms with Crippen molar-refractivity contribution in [3.05, 3.63) is 89.3 Å². The number of ether oxygens (including phenoxy) is 1. The molecule has 8 nitrogen and oxygen atoms in total. The number of benzene rings is 2. The van der Waals surface area contributed by atoms with E-state index in [0.717, 1.165) is 17.0 Å². The lowest BCUT2D eigenvalue weighted by atomic mass is 10.2. The van der Waals surface area contributed by atoms with Gasteiger partial charge in [-0.15, -0.1) is 0 Å². The van der Waals surface area contributed by atoms with Gasteiger partial charge in [0.05, 0.1) is 7.11 Å². The number of nitrogens with zero attached hydrogens (tertiary/aromatic N) is 2. The van der Waals surface area contributed by atoms with Crippen molar-refractivity contribution < 1.29 is 18.7 Å². The molecule has 33 heavy (non-hydrogen) atoms. The summed E-state index contributed by atoms with van der Waals surface area (Å²) in [7, 11) is 1.58. The van der Waals surface area contributed by atoms with Crippen LogP contribution in [0.25, 0.3) is 0 Å². The molecule has 2 aromatic heterocycles. The van der Waals surface area contributed by atoms with Crippen LogP contribution in [0.5, 0.6) is 5.75 Å². The first-order valence-electron chi connectivity index (χ1n) is 9.73. The molecule has 0 spiro atoms. The lowest BCUT2D eigenvalue weighted by Crippen LogP contribution is -2.21. The number of thiazole rings is 1. The van der Waals surface area contributed by atoms with Crippen LogP contribution in [0, 0.1) is 5.82 Å². The predicted molar refractivity (Wildman–Crippen MR) is 125 cm³/mol. The first-order valence-corrected chi connectivity index (χ1v) is 10.5. The summed E-state index contributed by atoms with van der Waals surface area (Å²) in [5.41, 5.74) is 1.33. The molecule has 2 amide bonds. The first-order chi connectivity index (χ1) is 16.0. The summed E-state index contributed by atoms with van der Waals surface area (Å²) < 4.78 is 18.3. The third-order valence-corrected chi connectivity index (χ3v) is 5.38. The van der Waals surface area contributed by atoms with E-state index in [0.29, 0.717) is 16.6 Å². The van der Waals surface area contributed by atoms with Crippen LogP contribution in [0.3, 0.4) is 0 Å². The van der Waals surface area contributed by atoms with Crippen molar-refractivity contribution >= 4 is 45.5 Å². The molecule has 0 saturated heterocycles. The molecule has 10 heteroatoms. The van der Waals surface area contributed by atoms with Gasteiger partial charge in [0.2, 0.25) is 5.78 Å². The lowest BCUT2D eigenvalue weighted by molar-refractivity contribution is 0.103. The second-order valence-corrected chi connectivity index (χ2v) is 7.68. The summed E-state index contributed by atoms with van der Waals surface area (Å²) in [6, 6.07) is 16.8. The molecule has 0 aliphatic heterocycles. The minimum absolute atomic E-state index is 0.0753. The molecule has 166 valence electrons. The van der Waals surface area contributed by atoms with Gasteiger partial charge in [-0.2, -0.15) is 0 Å². The maximum atomic E-state index is 13.1. The fourth-order valence-electron chi connectivity index (χ4n) is 2.83. The summed E-state index contributed by atoms with van der Waals surface area (Å²) in [4.78, 5) is 34.2. The Kier molecular flexibility index (Phi) is 6.56. The molecule has 0 fully saturated rings. The minimum Gasteiger partial charge on any atom is -0.497 e. The van der Waals surface area contributed by atoms with Crippen molar-refractivity contribution in [2.45, 2.75) is 0 Å². The number of amides is 2. The van der Waals surface area contributed by atoms with Gasteiger partial charge in [-0.3, -0.25) is 15.1 Å². The van der Waals surface area contributed by atoms with E-state index < -0.39 is 11.8 Å². The maximum absolute atomic E-state index is 13.1. The number of nitrogens with one attached hydrogen (secondary N) is 3. The SMILES string of the molecule is COc1ccc(Nc2nc(NC(=O)Nc3ccc(F)cc3)c(C(=O)c3ccccn3)s2)cc1. The summed E-state index contributed by atoms with van der Waals surface area (Å²) in [6.07, 6.45) is 1.51. The molecule has 2 heterocycles. The average Bonchev–Trinajstić information content (AvgIpc) is 3.22. The number of halogens is 1. The van der Waals surface area contributed by atoms with Crippen molar-refractivity contribution in [2.75, 3.05) is 23.1 Å². The number of rotatable bonds is 7. The van der Waals surface area contributed by atoms with Crippen LogP contribution < -0.4 is 20.7 Å². The van der Waals surface area contributed by atoms with Crippen LogP contribution in [0.4, 0.5) is 31.5 Å². The van der Waals surface area contributed by atoms with E-state index in [1.165, 1.54) is 30.5 Å². The predicted octanol–water partition coefficient (Wildman–Crippen LogP) is 5.30. The summed E-state index contributed by atoms with van der Waals surface area (Å²) in [5, 5.41) is 8.69. The van der Waals surface area contributed by atoms with E-state index in [4.69, 9.17) is 4.74 Å².